The Morgan fingerprint density at radius 2 is 1.43 bits per heavy atom. The first kappa shape index (κ1) is 11.9. The highest BCUT2D eigenvalue weighted by molar-refractivity contribution is 6.01. The molecule has 0 radical (unpaired) electrons. The first-order valence-electron chi connectivity index (χ1n) is 7.00. The van der Waals surface area contributed by atoms with Crippen molar-refractivity contribution in [3.8, 4) is 11.1 Å². The largest absolute Gasteiger partial charge is 0.353 e. The molecule has 2 nitrogen and oxygen atoms in total. The zero-order chi connectivity index (χ0) is 14.1. The second kappa shape index (κ2) is 4.91. The van der Waals surface area contributed by atoms with Gasteiger partial charge in [-0.2, -0.15) is 0 Å². The van der Waals surface area contributed by atoms with Crippen molar-refractivity contribution in [1.82, 2.24) is 0 Å². The molecule has 2 heteroatoms. The van der Waals surface area contributed by atoms with Crippen molar-refractivity contribution < 1.29 is 0 Å². The number of rotatable bonds is 1. The summed E-state index contributed by atoms with van der Waals surface area (Å²) in [5.74, 6) is 0. The average molecular weight is 270 g/mol. The fourth-order valence-corrected chi connectivity index (χ4v) is 2.65. The number of anilines is 2. The molecule has 0 saturated carbocycles. The van der Waals surface area contributed by atoms with E-state index >= 15 is 0 Å². The zero-order valence-electron chi connectivity index (χ0n) is 11.5. The standard InChI is InChI=1S/C19H14N2/c1-2-7-14(8-3-1)15-9-6-12-17-16(15)13-20-18-10-4-5-11-19(18)21-17/h1-13,21H. The molecule has 0 aliphatic carbocycles. The van der Waals surface area contributed by atoms with Crippen LogP contribution in [0.15, 0.2) is 77.8 Å². The molecule has 0 bridgehead atoms. The Balaban J connectivity index is 1.91. The predicted molar refractivity (Wildman–Crippen MR) is 88.9 cm³/mol. The van der Waals surface area contributed by atoms with Crippen LogP contribution in [0.4, 0.5) is 17.1 Å². The van der Waals surface area contributed by atoms with Crippen molar-refractivity contribution in [2.75, 3.05) is 5.32 Å². The Bertz CT molecular complexity index is 820. The highest BCUT2D eigenvalue weighted by Crippen LogP contribution is 2.35. The third-order valence-electron chi connectivity index (χ3n) is 3.70. The number of para-hydroxylation sites is 2. The number of fused-ring (bicyclic) bond motifs is 2. The minimum atomic E-state index is 0.965. The fourth-order valence-electron chi connectivity index (χ4n) is 2.65. The smallest absolute Gasteiger partial charge is 0.0864 e. The highest BCUT2D eigenvalue weighted by Gasteiger charge is 2.12. The van der Waals surface area contributed by atoms with Gasteiger partial charge >= 0.3 is 0 Å². The molecule has 1 N–H and O–H groups in total. The summed E-state index contributed by atoms with van der Waals surface area (Å²) in [6.45, 7) is 0. The van der Waals surface area contributed by atoms with E-state index in [1.807, 2.05) is 30.5 Å². The molecule has 0 fully saturated rings. The van der Waals surface area contributed by atoms with Crippen molar-refractivity contribution in [2.45, 2.75) is 0 Å². The Labute approximate surface area is 123 Å². The van der Waals surface area contributed by atoms with Gasteiger partial charge in [0.15, 0.2) is 0 Å². The number of nitrogens with zero attached hydrogens (tertiary/aromatic N) is 1. The van der Waals surface area contributed by atoms with Gasteiger partial charge in [-0.25, -0.2) is 0 Å². The Morgan fingerprint density at radius 3 is 2.33 bits per heavy atom. The van der Waals surface area contributed by atoms with Crippen molar-refractivity contribution in [3.63, 3.8) is 0 Å². The van der Waals surface area contributed by atoms with Gasteiger partial charge in [0.1, 0.15) is 0 Å². The molecule has 3 aromatic rings. The summed E-state index contributed by atoms with van der Waals surface area (Å²) in [5.41, 5.74) is 6.61. The lowest BCUT2D eigenvalue weighted by molar-refractivity contribution is 1.51. The summed E-state index contributed by atoms with van der Waals surface area (Å²) in [6.07, 6.45) is 1.95. The third kappa shape index (κ3) is 2.11. The molecule has 1 aliphatic heterocycles. The van der Waals surface area contributed by atoms with E-state index in [0.29, 0.717) is 0 Å². The molecule has 4 rings (SSSR count). The number of hydrogen-bond acceptors (Lipinski definition) is 2. The SMILES string of the molecule is C1=Nc2ccccc2Nc2cccc(-c3ccccc3)c21. The number of aliphatic imine (C=N–C) groups is 1. The van der Waals surface area contributed by atoms with E-state index in [1.165, 1.54) is 11.1 Å². The van der Waals surface area contributed by atoms with E-state index in [1.54, 1.807) is 0 Å². The lowest BCUT2D eigenvalue weighted by Crippen LogP contribution is -1.95. The van der Waals surface area contributed by atoms with E-state index in [0.717, 1.165) is 22.6 Å². The molecule has 0 saturated heterocycles. The second-order valence-corrected chi connectivity index (χ2v) is 5.03. The molecule has 0 unspecified atom stereocenters. The van der Waals surface area contributed by atoms with Gasteiger partial charge in [-0.15, -0.1) is 0 Å². The van der Waals surface area contributed by atoms with Crippen LogP contribution in [0.1, 0.15) is 5.56 Å². The topological polar surface area (TPSA) is 24.4 Å². The predicted octanol–water partition coefficient (Wildman–Crippen LogP) is 5.16. The molecule has 0 aromatic heterocycles. The normalized spacial score (nSPS) is 12.0. The van der Waals surface area contributed by atoms with Gasteiger partial charge in [0, 0.05) is 17.5 Å². The lowest BCUT2D eigenvalue weighted by atomic mass is 9.99. The fraction of sp³-hybridized carbons (Fsp3) is 0. The molecule has 100 valence electrons. The van der Waals surface area contributed by atoms with Gasteiger partial charge in [0.05, 0.1) is 11.4 Å². The van der Waals surface area contributed by atoms with Gasteiger partial charge in [0.25, 0.3) is 0 Å². The van der Waals surface area contributed by atoms with E-state index in [2.05, 4.69) is 58.8 Å². The molecule has 0 atom stereocenters. The monoisotopic (exact) mass is 270 g/mol. The van der Waals surface area contributed by atoms with Gasteiger partial charge in [-0.3, -0.25) is 4.99 Å². The quantitative estimate of drug-likeness (QED) is 0.507. The van der Waals surface area contributed by atoms with Crippen LogP contribution in [0.2, 0.25) is 0 Å². The maximum atomic E-state index is 4.63. The van der Waals surface area contributed by atoms with Gasteiger partial charge in [-0.05, 0) is 29.3 Å². The molecular weight excluding hydrogens is 256 g/mol. The lowest BCUT2D eigenvalue weighted by Gasteiger charge is -2.12. The van der Waals surface area contributed by atoms with Crippen LogP contribution >= 0.6 is 0 Å². The number of hydrogen-bond donors (Lipinski definition) is 1. The third-order valence-corrected chi connectivity index (χ3v) is 3.70. The minimum Gasteiger partial charge on any atom is -0.353 e. The molecule has 1 aliphatic rings. The Kier molecular flexibility index (Phi) is 2.79. The Hall–Kier alpha value is -2.87. The van der Waals surface area contributed by atoms with Crippen LogP contribution in [-0.2, 0) is 0 Å². The molecule has 3 aromatic carbocycles. The van der Waals surface area contributed by atoms with Crippen molar-refractivity contribution in [1.29, 1.82) is 0 Å². The number of benzene rings is 3. The van der Waals surface area contributed by atoms with Crippen LogP contribution in [0.5, 0.6) is 0 Å². The van der Waals surface area contributed by atoms with E-state index in [9.17, 15) is 0 Å². The van der Waals surface area contributed by atoms with Gasteiger partial charge in [0.2, 0.25) is 0 Å². The summed E-state index contributed by atoms with van der Waals surface area (Å²) in [4.78, 5) is 4.63. The molecule has 0 amide bonds. The molecule has 1 heterocycles. The first-order chi connectivity index (χ1) is 10.4. The molecule has 21 heavy (non-hydrogen) atoms. The maximum Gasteiger partial charge on any atom is 0.0864 e. The molecule has 0 spiro atoms. The highest BCUT2D eigenvalue weighted by atomic mass is 14.9. The van der Waals surface area contributed by atoms with Crippen LogP contribution in [0.3, 0.4) is 0 Å². The van der Waals surface area contributed by atoms with Crippen molar-refractivity contribution >= 4 is 23.3 Å². The number of nitrogens with one attached hydrogen (secondary N) is 1. The summed E-state index contributed by atoms with van der Waals surface area (Å²) < 4.78 is 0. The van der Waals surface area contributed by atoms with Gasteiger partial charge < -0.3 is 5.32 Å². The zero-order valence-corrected chi connectivity index (χ0v) is 11.5. The maximum absolute atomic E-state index is 4.63. The summed E-state index contributed by atoms with van der Waals surface area (Å²) in [7, 11) is 0. The minimum absolute atomic E-state index is 0.965. The van der Waals surface area contributed by atoms with E-state index in [-0.39, 0.29) is 0 Å². The summed E-state index contributed by atoms with van der Waals surface area (Å²) >= 11 is 0. The van der Waals surface area contributed by atoms with Crippen LogP contribution < -0.4 is 5.32 Å². The van der Waals surface area contributed by atoms with Crippen LogP contribution in [-0.4, -0.2) is 6.21 Å². The van der Waals surface area contributed by atoms with E-state index in [4.69, 9.17) is 0 Å². The average Bonchev–Trinajstić information content (AvgIpc) is 2.74. The summed E-state index contributed by atoms with van der Waals surface area (Å²) in [6, 6.07) is 24.8. The molecular formula is C19H14N2. The van der Waals surface area contributed by atoms with Gasteiger partial charge in [-0.1, -0.05) is 54.6 Å². The summed E-state index contributed by atoms with van der Waals surface area (Å²) in [5, 5.41) is 3.49. The van der Waals surface area contributed by atoms with Crippen molar-refractivity contribution in [2.24, 2.45) is 4.99 Å². The first-order valence-corrected chi connectivity index (χ1v) is 7.00. The second-order valence-electron chi connectivity index (χ2n) is 5.03. The van der Waals surface area contributed by atoms with Crippen LogP contribution in [0, 0.1) is 0 Å². The van der Waals surface area contributed by atoms with Crippen LogP contribution in [0.25, 0.3) is 11.1 Å². The van der Waals surface area contributed by atoms with Crippen molar-refractivity contribution in [3.05, 3.63) is 78.4 Å². The van der Waals surface area contributed by atoms with E-state index < -0.39 is 0 Å². The Morgan fingerprint density at radius 1 is 0.667 bits per heavy atom.